The molecule has 0 unspecified atom stereocenters. The van der Waals surface area contributed by atoms with Gasteiger partial charge in [-0.3, -0.25) is 9.59 Å². The van der Waals surface area contributed by atoms with Crippen molar-refractivity contribution in [1.29, 1.82) is 0 Å². The van der Waals surface area contributed by atoms with E-state index in [0.717, 1.165) is 49.0 Å². The molecule has 0 atom stereocenters. The van der Waals surface area contributed by atoms with Crippen molar-refractivity contribution in [2.45, 2.75) is 51.2 Å². The van der Waals surface area contributed by atoms with E-state index in [0.29, 0.717) is 18.7 Å². The summed E-state index contributed by atoms with van der Waals surface area (Å²) < 4.78 is 6.23. The van der Waals surface area contributed by atoms with Crippen molar-refractivity contribution in [2.24, 2.45) is 0 Å². The summed E-state index contributed by atoms with van der Waals surface area (Å²) in [6, 6.07) is 16.1. The Morgan fingerprint density at radius 2 is 1.56 bits per heavy atom. The number of hydrogen-bond donors (Lipinski definition) is 0. The predicted molar refractivity (Wildman–Crippen MR) is 136 cm³/mol. The molecule has 2 aliphatic heterocycles. The summed E-state index contributed by atoms with van der Waals surface area (Å²) in [4.78, 5) is 31.6. The monoisotopic (exact) mass is 483 g/mol. The normalized spacial score (nSPS) is 20.0. The molecule has 2 saturated heterocycles. The maximum atomic E-state index is 12.8. The number of piperazine rings is 1. The highest BCUT2D eigenvalue weighted by Gasteiger charge is 2.30. The average Bonchev–Trinajstić information content (AvgIpc) is 2.80. The molecule has 0 radical (unpaired) electrons. The minimum atomic E-state index is -0.0879. The van der Waals surface area contributed by atoms with Gasteiger partial charge in [0.1, 0.15) is 18.4 Å². The van der Waals surface area contributed by atoms with Gasteiger partial charge in [0.05, 0.1) is 0 Å². The van der Waals surface area contributed by atoms with Gasteiger partial charge in [-0.05, 0) is 69.0 Å². The minimum Gasteiger partial charge on any atom is -0.490 e. The fourth-order valence-electron chi connectivity index (χ4n) is 5.01. The quantitative estimate of drug-likeness (QED) is 0.636. The number of carbonyl (C=O) groups excluding carboxylic acids is 2. The Labute approximate surface area is 208 Å². The molecule has 0 spiro atoms. The van der Waals surface area contributed by atoms with Gasteiger partial charge in [0.2, 0.25) is 5.91 Å². The number of hydrogen-bond acceptors (Lipinski definition) is 4. The number of aryl methyl sites for hydroxylation is 1. The zero-order valence-electron chi connectivity index (χ0n) is 19.8. The van der Waals surface area contributed by atoms with E-state index in [1.54, 1.807) is 9.80 Å². The molecule has 2 heterocycles. The summed E-state index contributed by atoms with van der Waals surface area (Å²) in [6.07, 6.45) is 6.53. The van der Waals surface area contributed by atoms with Crippen LogP contribution in [0.5, 0.6) is 5.75 Å². The maximum Gasteiger partial charge on any atom is 0.254 e. The smallest absolute Gasteiger partial charge is 0.254 e. The van der Waals surface area contributed by atoms with Crippen LogP contribution in [0.2, 0.25) is 0 Å². The molecule has 7 heteroatoms. The van der Waals surface area contributed by atoms with Gasteiger partial charge in [-0.25, -0.2) is 0 Å². The molecular formula is C27H34ClN3O3. The van der Waals surface area contributed by atoms with Gasteiger partial charge in [0.15, 0.2) is 0 Å². The topological polar surface area (TPSA) is 53.1 Å². The SMILES string of the molecule is Cc1ccc(C(=O)N2CCN(c3ccc(OC4CCN(C5CCC5)CC4)cc3)C(=O)C2)cc1.Cl. The molecule has 34 heavy (non-hydrogen) atoms. The fraction of sp³-hybridized carbons (Fsp3) is 0.481. The van der Waals surface area contributed by atoms with Crippen LogP contribution in [0.25, 0.3) is 0 Å². The summed E-state index contributed by atoms with van der Waals surface area (Å²) in [5, 5.41) is 0. The van der Waals surface area contributed by atoms with E-state index in [4.69, 9.17) is 4.74 Å². The van der Waals surface area contributed by atoms with Crippen molar-refractivity contribution in [3.63, 3.8) is 0 Å². The Kier molecular flexibility index (Phi) is 7.79. The fourth-order valence-corrected chi connectivity index (χ4v) is 5.01. The van der Waals surface area contributed by atoms with E-state index in [9.17, 15) is 9.59 Å². The van der Waals surface area contributed by atoms with Crippen LogP contribution >= 0.6 is 12.4 Å². The highest BCUT2D eigenvalue weighted by Crippen LogP contribution is 2.29. The lowest BCUT2D eigenvalue weighted by atomic mass is 9.90. The third-order valence-corrected chi connectivity index (χ3v) is 7.33. The largest absolute Gasteiger partial charge is 0.490 e. The Morgan fingerprint density at radius 3 is 2.15 bits per heavy atom. The highest BCUT2D eigenvalue weighted by atomic mass is 35.5. The van der Waals surface area contributed by atoms with E-state index in [1.807, 2.05) is 55.5 Å². The van der Waals surface area contributed by atoms with Gasteiger partial charge < -0.3 is 19.4 Å². The molecule has 0 N–H and O–H groups in total. The summed E-state index contributed by atoms with van der Waals surface area (Å²) in [7, 11) is 0. The van der Waals surface area contributed by atoms with Gasteiger partial charge >= 0.3 is 0 Å². The Bertz CT molecular complexity index is 983. The molecule has 3 fully saturated rings. The van der Waals surface area contributed by atoms with Gasteiger partial charge in [-0.15, -0.1) is 12.4 Å². The average molecular weight is 484 g/mol. The molecular weight excluding hydrogens is 450 g/mol. The van der Waals surface area contributed by atoms with Crippen LogP contribution in [0.1, 0.15) is 48.0 Å². The molecule has 5 rings (SSSR count). The number of likely N-dealkylation sites (tertiary alicyclic amines) is 1. The van der Waals surface area contributed by atoms with E-state index in [1.165, 1.54) is 19.3 Å². The summed E-state index contributed by atoms with van der Waals surface area (Å²) >= 11 is 0. The van der Waals surface area contributed by atoms with E-state index in [2.05, 4.69) is 4.90 Å². The Hall–Kier alpha value is -2.57. The third-order valence-electron chi connectivity index (χ3n) is 7.33. The molecule has 2 aromatic rings. The molecule has 0 bridgehead atoms. The van der Waals surface area contributed by atoms with Crippen LogP contribution in [0, 0.1) is 6.92 Å². The first kappa shape index (κ1) is 24.6. The predicted octanol–water partition coefficient (Wildman–Crippen LogP) is 4.30. The number of benzene rings is 2. The second-order valence-corrected chi connectivity index (χ2v) is 9.57. The zero-order valence-corrected chi connectivity index (χ0v) is 20.6. The standard InChI is InChI=1S/C27H33N3O3.ClH/c1-20-5-7-21(8-6-20)27(32)29-17-18-30(26(31)19-29)23-9-11-24(12-10-23)33-25-13-15-28(16-14-25)22-3-2-4-22;/h5-12,22,25H,2-4,13-19H2,1H3;1H. The van der Waals surface area contributed by atoms with Crippen LogP contribution in [0.3, 0.4) is 0 Å². The third kappa shape index (κ3) is 5.39. The van der Waals surface area contributed by atoms with Crippen LogP contribution < -0.4 is 9.64 Å². The number of anilines is 1. The Balaban J connectivity index is 0.00000274. The van der Waals surface area contributed by atoms with Crippen molar-refractivity contribution in [3.8, 4) is 5.75 Å². The maximum absolute atomic E-state index is 12.8. The lowest BCUT2D eigenvalue weighted by Gasteiger charge is -2.41. The molecule has 6 nitrogen and oxygen atoms in total. The van der Waals surface area contributed by atoms with Crippen LogP contribution in [0.15, 0.2) is 48.5 Å². The van der Waals surface area contributed by atoms with E-state index in [-0.39, 0.29) is 36.9 Å². The van der Waals surface area contributed by atoms with Crippen molar-refractivity contribution < 1.29 is 14.3 Å². The van der Waals surface area contributed by atoms with Crippen LogP contribution in [-0.2, 0) is 4.79 Å². The molecule has 0 aromatic heterocycles. The number of halogens is 1. The first-order valence-corrected chi connectivity index (χ1v) is 12.2. The summed E-state index contributed by atoms with van der Waals surface area (Å²) in [5.74, 6) is 0.718. The van der Waals surface area contributed by atoms with E-state index < -0.39 is 0 Å². The zero-order chi connectivity index (χ0) is 22.8. The first-order valence-electron chi connectivity index (χ1n) is 12.2. The van der Waals surface area contributed by atoms with Crippen LogP contribution in [0.4, 0.5) is 5.69 Å². The number of piperidine rings is 1. The van der Waals surface area contributed by atoms with Gasteiger partial charge in [0.25, 0.3) is 5.91 Å². The lowest BCUT2D eigenvalue weighted by Crippen LogP contribution is -2.52. The van der Waals surface area contributed by atoms with Crippen molar-refractivity contribution in [3.05, 3.63) is 59.7 Å². The minimum absolute atomic E-state index is 0. The number of ether oxygens (including phenoxy) is 1. The molecule has 1 saturated carbocycles. The second kappa shape index (κ2) is 10.8. The number of rotatable bonds is 5. The summed E-state index contributed by atoms with van der Waals surface area (Å²) in [6.45, 7) is 5.38. The second-order valence-electron chi connectivity index (χ2n) is 9.57. The molecule has 182 valence electrons. The summed E-state index contributed by atoms with van der Waals surface area (Å²) in [5.41, 5.74) is 2.59. The molecule has 1 aliphatic carbocycles. The molecule has 2 amide bonds. The number of carbonyl (C=O) groups is 2. The van der Waals surface area contributed by atoms with Gasteiger partial charge in [0, 0.05) is 43.5 Å². The van der Waals surface area contributed by atoms with Crippen molar-refractivity contribution in [1.82, 2.24) is 9.80 Å². The van der Waals surface area contributed by atoms with Crippen molar-refractivity contribution in [2.75, 3.05) is 37.6 Å². The number of nitrogens with zero attached hydrogens (tertiary/aromatic N) is 3. The van der Waals surface area contributed by atoms with Crippen molar-refractivity contribution >= 4 is 29.9 Å². The Morgan fingerprint density at radius 1 is 0.882 bits per heavy atom. The molecule has 2 aromatic carbocycles. The number of amides is 2. The first-order chi connectivity index (χ1) is 16.1. The van der Waals surface area contributed by atoms with Gasteiger partial charge in [-0.2, -0.15) is 0 Å². The highest BCUT2D eigenvalue weighted by molar-refractivity contribution is 6.01. The van der Waals surface area contributed by atoms with Gasteiger partial charge in [-0.1, -0.05) is 24.1 Å². The lowest BCUT2D eigenvalue weighted by molar-refractivity contribution is -0.120. The van der Waals surface area contributed by atoms with Crippen LogP contribution in [-0.4, -0.2) is 66.5 Å². The van der Waals surface area contributed by atoms with E-state index >= 15 is 0 Å². The molecule has 3 aliphatic rings.